The molecule has 27 heavy (non-hydrogen) atoms. The van der Waals surface area contributed by atoms with Crippen LogP contribution in [0.3, 0.4) is 0 Å². The van der Waals surface area contributed by atoms with E-state index < -0.39 is 11.6 Å². The van der Waals surface area contributed by atoms with Gasteiger partial charge < -0.3 is 9.80 Å². The molecule has 1 aromatic rings. The summed E-state index contributed by atoms with van der Waals surface area (Å²) < 4.78 is 26.8. The molecule has 1 atom stereocenters. The number of carbonyl (C=O) groups is 2. The summed E-state index contributed by atoms with van der Waals surface area (Å²) in [5.41, 5.74) is 0.538. The molecular weight excluding hydrogens is 350 g/mol. The van der Waals surface area contributed by atoms with Crippen molar-refractivity contribution in [2.45, 2.75) is 45.4 Å². The highest BCUT2D eigenvalue weighted by Gasteiger charge is 2.31. The Hall–Kier alpha value is -1.98. The van der Waals surface area contributed by atoms with Crippen LogP contribution >= 0.6 is 0 Å². The van der Waals surface area contributed by atoms with E-state index in [1.165, 1.54) is 12.1 Å². The van der Waals surface area contributed by atoms with Crippen molar-refractivity contribution in [1.82, 2.24) is 9.80 Å². The van der Waals surface area contributed by atoms with Gasteiger partial charge in [0.25, 0.3) is 0 Å². The van der Waals surface area contributed by atoms with Gasteiger partial charge in [-0.3, -0.25) is 9.59 Å². The van der Waals surface area contributed by atoms with E-state index in [1.54, 1.807) is 11.8 Å². The Labute approximate surface area is 159 Å². The van der Waals surface area contributed by atoms with E-state index in [4.69, 9.17) is 0 Å². The number of hydrogen-bond acceptors (Lipinski definition) is 2. The van der Waals surface area contributed by atoms with Gasteiger partial charge in [0.05, 0.1) is 0 Å². The van der Waals surface area contributed by atoms with Gasteiger partial charge in [0.2, 0.25) is 11.8 Å². The van der Waals surface area contributed by atoms with Crippen LogP contribution < -0.4 is 0 Å². The molecule has 2 fully saturated rings. The molecule has 6 heteroatoms. The van der Waals surface area contributed by atoms with Crippen LogP contribution in [-0.4, -0.2) is 47.8 Å². The Morgan fingerprint density at radius 3 is 2.48 bits per heavy atom. The number of hydrogen-bond donors (Lipinski definition) is 0. The highest BCUT2D eigenvalue weighted by molar-refractivity contribution is 5.79. The van der Waals surface area contributed by atoms with Crippen LogP contribution in [0, 0.1) is 23.5 Å². The van der Waals surface area contributed by atoms with E-state index >= 15 is 0 Å². The van der Waals surface area contributed by atoms with E-state index in [0.29, 0.717) is 37.5 Å². The molecule has 2 aliphatic rings. The molecular formula is C21H28F2N2O2. The van der Waals surface area contributed by atoms with Crippen molar-refractivity contribution < 1.29 is 18.4 Å². The zero-order chi connectivity index (χ0) is 19.4. The van der Waals surface area contributed by atoms with Gasteiger partial charge in [-0.15, -0.1) is 0 Å². The van der Waals surface area contributed by atoms with Crippen LogP contribution in [0.15, 0.2) is 18.2 Å². The minimum absolute atomic E-state index is 0.00823. The van der Waals surface area contributed by atoms with Gasteiger partial charge in [-0.2, -0.15) is 0 Å². The molecule has 2 amide bonds. The van der Waals surface area contributed by atoms with Gasteiger partial charge in [0.1, 0.15) is 11.6 Å². The molecule has 0 N–H and O–H groups in total. The highest BCUT2D eigenvalue weighted by Crippen LogP contribution is 2.26. The Morgan fingerprint density at radius 1 is 1.07 bits per heavy atom. The van der Waals surface area contributed by atoms with Crippen LogP contribution in [0.4, 0.5) is 8.78 Å². The minimum atomic E-state index is -0.554. The Kier molecular flexibility index (Phi) is 6.45. The molecule has 0 saturated carbocycles. The van der Waals surface area contributed by atoms with E-state index in [-0.39, 0.29) is 17.7 Å². The van der Waals surface area contributed by atoms with Crippen LogP contribution in [0.1, 0.15) is 44.6 Å². The van der Waals surface area contributed by atoms with Crippen LogP contribution in [0.25, 0.3) is 0 Å². The third kappa shape index (κ3) is 5.05. The largest absolute Gasteiger partial charge is 0.343 e. The topological polar surface area (TPSA) is 40.6 Å². The normalized spacial score (nSPS) is 21.4. The lowest BCUT2D eigenvalue weighted by Gasteiger charge is -2.37. The maximum Gasteiger partial charge on any atom is 0.225 e. The number of benzene rings is 1. The first kappa shape index (κ1) is 19.8. The Balaban J connectivity index is 1.50. The molecule has 0 radical (unpaired) electrons. The van der Waals surface area contributed by atoms with Crippen molar-refractivity contribution in [2.75, 3.05) is 26.2 Å². The summed E-state index contributed by atoms with van der Waals surface area (Å²) in [7, 11) is 0. The van der Waals surface area contributed by atoms with Crippen molar-refractivity contribution in [2.24, 2.45) is 11.8 Å². The van der Waals surface area contributed by atoms with E-state index in [9.17, 15) is 18.4 Å². The molecule has 148 valence electrons. The Bertz CT molecular complexity index is 687. The SMILES string of the molecule is CC(=O)N1CCC(C(=O)N2CCCC(CCc3ccc(F)cc3F)C2)CC1. The van der Waals surface area contributed by atoms with Crippen molar-refractivity contribution in [3.05, 3.63) is 35.4 Å². The van der Waals surface area contributed by atoms with Gasteiger partial charge in [0.15, 0.2) is 0 Å². The van der Waals surface area contributed by atoms with Crippen LogP contribution in [0.5, 0.6) is 0 Å². The standard InChI is InChI=1S/C21H28F2N2O2/c1-15(26)24-11-8-18(9-12-24)21(27)25-10-2-3-16(14-25)4-5-17-6-7-19(22)13-20(17)23/h6-7,13,16,18H,2-5,8-12,14H2,1H3. The lowest BCUT2D eigenvalue weighted by atomic mass is 9.89. The zero-order valence-corrected chi connectivity index (χ0v) is 15.9. The first-order chi connectivity index (χ1) is 12.9. The fraction of sp³-hybridized carbons (Fsp3) is 0.619. The second-order valence-electron chi connectivity index (χ2n) is 7.85. The van der Waals surface area contributed by atoms with E-state index in [0.717, 1.165) is 44.7 Å². The van der Waals surface area contributed by atoms with Gasteiger partial charge in [0, 0.05) is 45.1 Å². The van der Waals surface area contributed by atoms with Crippen LogP contribution in [-0.2, 0) is 16.0 Å². The van der Waals surface area contributed by atoms with Gasteiger partial charge >= 0.3 is 0 Å². The van der Waals surface area contributed by atoms with Crippen molar-refractivity contribution in [3.63, 3.8) is 0 Å². The summed E-state index contributed by atoms with van der Waals surface area (Å²) in [6.07, 6.45) is 4.84. The first-order valence-electron chi connectivity index (χ1n) is 9.92. The second-order valence-corrected chi connectivity index (χ2v) is 7.85. The van der Waals surface area contributed by atoms with Gasteiger partial charge in [-0.25, -0.2) is 8.78 Å². The average Bonchev–Trinajstić information content (AvgIpc) is 2.67. The number of rotatable bonds is 4. The van der Waals surface area contributed by atoms with Crippen molar-refractivity contribution in [1.29, 1.82) is 0 Å². The summed E-state index contributed by atoms with van der Waals surface area (Å²) >= 11 is 0. The fourth-order valence-electron chi connectivity index (χ4n) is 4.28. The third-order valence-corrected chi connectivity index (χ3v) is 5.96. The number of carbonyl (C=O) groups excluding carboxylic acids is 2. The average molecular weight is 378 g/mol. The number of piperidine rings is 2. The molecule has 3 rings (SSSR count). The molecule has 1 aromatic carbocycles. The molecule has 4 nitrogen and oxygen atoms in total. The second kappa shape index (κ2) is 8.81. The third-order valence-electron chi connectivity index (χ3n) is 5.96. The number of likely N-dealkylation sites (tertiary alicyclic amines) is 2. The number of aryl methyl sites for hydroxylation is 1. The Morgan fingerprint density at radius 2 is 1.81 bits per heavy atom. The highest BCUT2D eigenvalue weighted by atomic mass is 19.1. The quantitative estimate of drug-likeness (QED) is 0.806. The maximum atomic E-state index is 13.8. The van der Waals surface area contributed by atoms with Crippen molar-refractivity contribution in [3.8, 4) is 0 Å². The predicted molar refractivity (Wildman–Crippen MR) is 99.0 cm³/mol. The lowest BCUT2D eigenvalue weighted by Crippen LogP contribution is -2.47. The molecule has 0 aliphatic carbocycles. The molecule has 0 spiro atoms. The summed E-state index contributed by atoms with van der Waals surface area (Å²) in [5, 5.41) is 0. The zero-order valence-electron chi connectivity index (χ0n) is 15.9. The molecule has 2 saturated heterocycles. The molecule has 1 unspecified atom stereocenters. The summed E-state index contributed by atoms with van der Waals surface area (Å²) in [6.45, 7) is 4.39. The van der Waals surface area contributed by atoms with Crippen molar-refractivity contribution >= 4 is 11.8 Å². The molecule has 2 aliphatic heterocycles. The predicted octanol–water partition coefficient (Wildman–Crippen LogP) is 3.39. The summed E-state index contributed by atoms with van der Waals surface area (Å²) in [5.74, 6) is -0.404. The molecule has 0 bridgehead atoms. The number of nitrogens with zero attached hydrogens (tertiary/aromatic N) is 2. The molecule has 2 heterocycles. The van der Waals surface area contributed by atoms with E-state index in [2.05, 4.69) is 0 Å². The van der Waals surface area contributed by atoms with Gasteiger partial charge in [-0.1, -0.05) is 6.07 Å². The first-order valence-corrected chi connectivity index (χ1v) is 9.92. The minimum Gasteiger partial charge on any atom is -0.343 e. The summed E-state index contributed by atoms with van der Waals surface area (Å²) in [6, 6.07) is 3.74. The smallest absolute Gasteiger partial charge is 0.225 e. The number of halogens is 2. The van der Waals surface area contributed by atoms with E-state index in [1.807, 2.05) is 4.90 Å². The number of amides is 2. The lowest BCUT2D eigenvalue weighted by molar-refractivity contribution is -0.141. The fourth-order valence-corrected chi connectivity index (χ4v) is 4.28. The molecule has 0 aromatic heterocycles. The maximum absolute atomic E-state index is 13.8. The summed E-state index contributed by atoms with van der Waals surface area (Å²) in [4.78, 5) is 28.1. The van der Waals surface area contributed by atoms with Crippen LogP contribution in [0.2, 0.25) is 0 Å². The van der Waals surface area contributed by atoms with Gasteiger partial charge in [-0.05, 0) is 56.1 Å². The monoisotopic (exact) mass is 378 g/mol.